The Labute approximate surface area is 131 Å². The van der Waals surface area contributed by atoms with Crippen LogP contribution in [0.4, 0.5) is 0 Å². The molecule has 2 aromatic rings. The molecule has 2 heterocycles. The predicted molar refractivity (Wildman–Crippen MR) is 85.1 cm³/mol. The number of carbonyl (C=O) groups excluding carboxylic acids is 1. The van der Waals surface area contributed by atoms with E-state index in [0.29, 0.717) is 13.1 Å². The summed E-state index contributed by atoms with van der Waals surface area (Å²) in [7, 11) is 0. The van der Waals surface area contributed by atoms with Crippen LogP contribution in [0.1, 0.15) is 48.8 Å². The number of amides is 1. The summed E-state index contributed by atoms with van der Waals surface area (Å²) in [6.07, 6.45) is 3.50. The van der Waals surface area contributed by atoms with Crippen LogP contribution < -0.4 is 0 Å². The van der Waals surface area contributed by atoms with Gasteiger partial charge in [0.1, 0.15) is 5.82 Å². The molecule has 1 amide bonds. The first-order valence-electron chi connectivity index (χ1n) is 7.90. The molecule has 0 saturated heterocycles. The molecule has 0 spiro atoms. The Morgan fingerprint density at radius 2 is 2.00 bits per heavy atom. The fourth-order valence-electron chi connectivity index (χ4n) is 2.98. The number of carbonyl (C=O) groups is 1. The number of hydrogen-bond donors (Lipinski definition) is 0. The van der Waals surface area contributed by atoms with E-state index >= 15 is 0 Å². The largest absolute Gasteiger partial charge is 0.332 e. The number of rotatable bonds is 4. The molecule has 3 rings (SSSR count). The Kier molecular flexibility index (Phi) is 4.18. The van der Waals surface area contributed by atoms with Gasteiger partial charge in [0, 0.05) is 24.7 Å². The summed E-state index contributed by atoms with van der Waals surface area (Å²) in [5, 5.41) is 0. The van der Waals surface area contributed by atoms with Gasteiger partial charge in [-0.25, -0.2) is 9.97 Å². The second-order valence-electron chi connectivity index (χ2n) is 5.68. The minimum atomic E-state index is -0.0749. The van der Waals surface area contributed by atoms with E-state index in [9.17, 15) is 4.79 Å². The summed E-state index contributed by atoms with van der Waals surface area (Å²) in [4.78, 5) is 23.7. The first-order chi connectivity index (χ1) is 10.7. The monoisotopic (exact) mass is 295 g/mol. The number of fused-ring (bicyclic) bond motifs is 1. The van der Waals surface area contributed by atoms with Crippen LogP contribution in [0.25, 0.3) is 0 Å². The molecular formula is C18H21N3O. The van der Waals surface area contributed by atoms with Gasteiger partial charge in [0.25, 0.3) is 0 Å². The van der Waals surface area contributed by atoms with Gasteiger partial charge in [-0.2, -0.15) is 0 Å². The molecule has 1 unspecified atom stereocenters. The van der Waals surface area contributed by atoms with E-state index in [4.69, 9.17) is 0 Å². The average molecular weight is 295 g/mol. The Hall–Kier alpha value is -2.23. The van der Waals surface area contributed by atoms with Crippen molar-refractivity contribution in [2.24, 2.45) is 0 Å². The molecular weight excluding hydrogens is 274 g/mol. The molecule has 0 radical (unpaired) electrons. The lowest BCUT2D eigenvalue weighted by Crippen LogP contribution is -2.30. The maximum absolute atomic E-state index is 12.9. The fourth-order valence-corrected chi connectivity index (χ4v) is 2.98. The van der Waals surface area contributed by atoms with Crippen LogP contribution in [0, 0.1) is 0 Å². The second-order valence-corrected chi connectivity index (χ2v) is 5.68. The highest BCUT2D eigenvalue weighted by Crippen LogP contribution is 2.27. The molecule has 1 aliphatic rings. The topological polar surface area (TPSA) is 46.1 Å². The van der Waals surface area contributed by atoms with Gasteiger partial charge in [0.2, 0.25) is 5.91 Å². The van der Waals surface area contributed by atoms with Gasteiger partial charge in [-0.3, -0.25) is 4.79 Å². The molecule has 22 heavy (non-hydrogen) atoms. The maximum atomic E-state index is 12.9. The first kappa shape index (κ1) is 14.7. The summed E-state index contributed by atoms with van der Waals surface area (Å²) in [5.41, 5.74) is 3.17. The highest BCUT2D eigenvalue weighted by atomic mass is 16.2. The predicted octanol–water partition coefficient (Wildman–Crippen LogP) is 3.08. The van der Waals surface area contributed by atoms with Crippen LogP contribution in [0.2, 0.25) is 0 Å². The van der Waals surface area contributed by atoms with E-state index in [1.807, 2.05) is 48.4 Å². The lowest BCUT2D eigenvalue weighted by atomic mass is 9.95. The summed E-state index contributed by atoms with van der Waals surface area (Å²) >= 11 is 0. The molecule has 1 aromatic heterocycles. The lowest BCUT2D eigenvalue weighted by Gasteiger charge is -2.22. The molecule has 114 valence electrons. The Morgan fingerprint density at radius 3 is 2.68 bits per heavy atom. The number of aryl methyl sites for hydroxylation is 1. The van der Waals surface area contributed by atoms with Gasteiger partial charge in [-0.15, -0.1) is 0 Å². The zero-order valence-corrected chi connectivity index (χ0v) is 13.1. The van der Waals surface area contributed by atoms with Crippen LogP contribution in [-0.2, 0) is 24.3 Å². The van der Waals surface area contributed by atoms with Crippen molar-refractivity contribution in [3.8, 4) is 0 Å². The summed E-state index contributed by atoms with van der Waals surface area (Å²) in [5.74, 6) is 0.960. The summed E-state index contributed by atoms with van der Waals surface area (Å²) < 4.78 is 0. The van der Waals surface area contributed by atoms with Crippen molar-refractivity contribution in [2.75, 3.05) is 0 Å². The molecule has 1 aromatic carbocycles. The van der Waals surface area contributed by atoms with E-state index in [1.54, 1.807) is 0 Å². The lowest BCUT2D eigenvalue weighted by molar-refractivity contribution is -0.133. The van der Waals surface area contributed by atoms with Crippen molar-refractivity contribution in [3.05, 3.63) is 59.2 Å². The van der Waals surface area contributed by atoms with E-state index in [-0.39, 0.29) is 11.8 Å². The smallest absolute Gasteiger partial charge is 0.230 e. The van der Waals surface area contributed by atoms with Crippen molar-refractivity contribution < 1.29 is 4.79 Å². The van der Waals surface area contributed by atoms with Gasteiger partial charge in [0.05, 0.1) is 18.2 Å². The third-order valence-electron chi connectivity index (χ3n) is 4.24. The molecule has 1 atom stereocenters. The van der Waals surface area contributed by atoms with Crippen LogP contribution in [0.15, 0.2) is 36.5 Å². The Bertz CT molecular complexity index is 669. The van der Waals surface area contributed by atoms with Crippen molar-refractivity contribution in [1.29, 1.82) is 0 Å². The normalized spacial score (nSPS) is 14.7. The number of nitrogens with zero attached hydrogens (tertiary/aromatic N) is 3. The van der Waals surface area contributed by atoms with Crippen molar-refractivity contribution >= 4 is 5.91 Å². The minimum Gasteiger partial charge on any atom is -0.332 e. The van der Waals surface area contributed by atoms with Crippen LogP contribution in [0.5, 0.6) is 0 Å². The highest BCUT2D eigenvalue weighted by molar-refractivity contribution is 5.84. The van der Waals surface area contributed by atoms with Gasteiger partial charge >= 0.3 is 0 Å². The van der Waals surface area contributed by atoms with E-state index in [2.05, 4.69) is 16.9 Å². The molecule has 1 aliphatic heterocycles. The molecule has 0 aliphatic carbocycles. The standard InChI is InChI=1S/C18H21N3O/c1-3-15(13-8-6-5-7-9-13)18(22)21-11-14-10-19-17(4-2)20-16(14)12-21/h5-10,15H,3-4,11-12H2,1-2H3. The maximum Gasteiger partial charge on any atom is 0.230 e. The molecule has 0 N–H and O–H groups in total. The zero-order valence-electron chi connectivity index (χ0n) is 13.1. The van der Waals surface area contributed by atoms with E-state index in [0.717, 1.165) is 35.5 Å². The van der Waals surface area contributed by atoms with E-state index < -0.39 is 0 Å². The van der Waals surface area contributed by atoms with Gasteiger partial charge in [0.15, 0.2) is 0 Å². The van der Waals surface area contributed by atoms with Crippen molar-refractivity contribution in [2.45, 2.75) is 45.7 Å². The summed E-state index contributed by atoms with van der Waals surface area (Å²) in [6.45, 7) is 5.34. The zero-order chi connectivity index (χ0) is 15.5. The van der Waals surface area contributed by atoms with Crippen molar-refractivity contribution in [3.63, 3.8) is 0 Å². The SMILES string of the molecule is CCc1ncc2c(n1)CN(C(=O)C(CC)c1ccccc1)C2. The first-order valence-corrected chi connectivity index (χ1v) is 7.90. The molecule has 0 saturated carbocycles. The van der Waals surface area contributed by atoms with Crippen molar-refractivity contribution in [1.82, 2.24) is 14.9 Å². The third kappa shape index (κ3) is 2.73. The van der Waals surface area contributed by atoms with E-state index in [1.165, 1.54) is 0 Å². The molecule has 0 bridgehead atoms. The second kappa shape index (κ2) is 6.26. The van der Waals surface area contributed by atoms with Gasteiger partial charge < -0.3 is 4.90 Å². The quantitative estimate of drug-likeness (QED) is 0.871. The third-order valence-corrected chi connectivity index (χ3v) is 4.24. The van der Waals surface area contributed by atoms with Gasteiger partial charge in [-0.05, 0) is 12.0 Å². The fraction of sp³-hybridized carbons (Fsp3) is 0.389. The summed E-state index contributed by atoms with van der Waals surface area (Å²) in [6, 6.07) is 10.0. The Balaban J connectivity index is 1.79. The number of aromatic nitrogens is 2. The average Bonchev–Trinajstić information content (AvgIpc) is 2.99. The molecule has 0 fully saturated rings. The number of hydrogen-bond acceptors (Lipinski definition) is 3. The van der Waals surface area contributed by atoms with Crippen LogP contribution >= 0.6 is 0 Å². The molecule has 4 nitrogen and oxygen atoms in total. The van der Waals surface area contributed by atoms with Crippen LogP contribution in [-0.4, -0.2) is 20.8 Å². The Morgan fingerprint density at radius 1 is 1.23 bits per heavy atom. The van der Waals surface area contributed by atoms with Crippen LogP contribution in [0.3, 0.4) is 0 Å². The number of benzene rings is 1. The minimum absolute atomic E-state index is 0.0749. The highest BCUT2D eigenvalue weighted by Gasteiger charge is 2.30. The van der Waals surface area contributed by atoms with Gasteiger partial charge in [-0.1, -0.05) is 44.2 Å². The molecule has 4 heteroatoms.